The van der Waals surface area contributed by atoms with Crippen molar-refractivity contribution < 1.29 is 38.4 Å². The van der Waals surface area contributed by atoms with Crippen LogP contribution in [-0.2, 0) is 20.8 Å². The quantitative estimate of drug-likeness (QED) is 0.329. The van der Waals surface area contributed by atoms with Crippen molar-refractivity contribution in [3.8, 4) is 34.1 Å². The highest BCUT2D eigenvalue weighted by Gasteiger charge is 2.42. The summed E-state index contributed by atoms with van der Waals surface area (Å²) in [6, 6.07) is 4.90. The molecular weight excluding hydrogens is 592 g/mol. The molecule has 46 heavy (non-hydrogen) atoms. The number of aryl methyl sites for hydroxylation is 1. The Morgan fingerprint density at radius 3 is 2.09 bits per heavy atom. The first-order valence-corrected chi connectivity index (χ1v) is 15.9. The summed E-state index contributed by atoms with van der Waals surface area (Å²) in [6.07, 6.45) is 7.19. The standard InChI is InChI=1S/C35H46N2O9/c1-21(38)36-26(20-35(34(41)42)16-10-8-6-7-9-11-17-35)33(40)37-25-14-12-22-18-29(44-3)31(45-4)32(46-5)30(22)23-13-15-28(43-2)27(39)19-24(23)25/h13,15,18-19,25-26H,6-12,14,16-17,20H2,1-5H3,(H,36,38)(H,37,40)(H,41,42)/t25-,26-/m0/s1. The van der Waals surface area contributed by atoms with Gasteiger partial charge in [0, 0.05) is 12.5 Å². The number of hydrogen-bond acceptors (Lipinski definition) is 8. The van der Waals surface area contributed by atoms with Gasteiger partial charge in [-0.3, -0.25) is 19.2 Å². The Hall–Kier alpha value is -4.28. The largest absolute Gasteiger partial charge is 0.493 e. The number of carboxylic acid groups (broad SMARTS) is 1. The lowest BCUT2D eigenvalue weighted by molar-refractivity contribution is -0.152. The van der Waals surface area contributed by atoms with Crippen molar-refractivity contribution in [2.24, 2.45) is 5.41 Å². The van der Waals surface area contributed by atoms with E-state index < -0.39 is 35.3 Å². The Kier molecular flexibility index (Phi) is 11.5. The number of rotatable bonds is 10. The molecule has 0 aromatic heterocycles. The summed E-state index contributed by atoms with van der Waals surface area (Å²) in [6.45, 7) is 1.32. The van der Waals surface area contributed by atoms with Crippen molar-refractivity contribution >= 4 is 17.8 Å². The number of fused-ring (bicyclic) bond motifs is 3. The van der Waals surface area contributed by atoms with Crippen LogP contribution in [0.25, 0.3) is 11.1 Å². The van der Waals surface area contributed by atoms with Crippen molar-refractivity contribution in [2.45, 2.75) is 89.6 Å². The van der Waals surface area contributed by atoms with Crippen LogP contribution in [0.15, 0.2) is 29.1 Å². The summed E-state index contributed by atoms with van der Waals surface area (Å²) >= 11 is 0. The molecule has 0 aliphatic heterocycles. The zero-order valence-electron chi connectivity index (χ0n) is 27.5. The van der Waals surface area contributed by atoms with Gasteiger partial charge in [-0.2, -0.15) is 0 Å². The van der Waals surface area contributed by atoms with E-state index in [4.69, 9.17) is 18.9 Å². The van der Waals surface area contributed by atoms with E-state index in [0.29, 0.717) is 59.6 Å². The fourth-order valence-electron chi connectivity index (χ4n) is 7.00. The number of benzene rings is 1. The van der Waals surface area contributed by atoms with Crippen LogP contribution in [0.5, 0.6) is 23.0 Å². The SMILES string of the molecule is COc1cc2c(c(OC)c1OC)-c1ccc(OC)c(=O)cc1[C@@H](NC(=O)[C@H](CC1(C(=O)O)CCCCCCCC1)NC(C)=O)CC2. The first kappa shape index (κ1) is 34.6. The van der Waals surface area contributed by atoms with Crippen LogP contribution in [0.1, 0.15) is 88.3 Å². The van der Waals surface area contributed by atoms with Gasteiger partial charge in [-0.05, 0) is 67.0 Å². The van der Waals surface area contributed by atoms with Gasteiger partial charge >= 0.3 is 5.97 Å². The highest BCUT2D eigenvalue weighted by atomic mass is 16.5. The summed E-state index contributed by atoms with van der Waals surface area (Å²) in [5.41, 5.74) is 1.19. The topological polar surface area (TPSA) is 149 Å². The third-order valence-corrected chi connectivity index (χ3v) is 9.34. The number of aliphatic carboxylic acids is 1. The van der Waals surface area contributed by atoms with Crippen molar-refractivity contribution in [1.29, 1.82) is 0 Å². The monoisotopic (exact) mass is 638 g/mol. The average molecular weight is 639 g/mol. The van der Waals surface area contributed by atoms with E-state index in [1.165, 1.54) is 41.4 Å². The number of hydrogen-bond donors (Lipinski definition) is 3. The third-order valence-electron chi connectivity index (χ3n) is 9.34. The minimum Gasteiger partial charge on any atom is -0.493 e. The van der Waals surface area contributed by atoms with Crippen LogP contribution >= 0.6 is 0 Å². The number of carbonyl (C=O) groups is 3. The molecule has 0 bridgehead atoms. The number of amides is 2. The fourth-order valence-corrected chi connectivity index (χ4v) is 7.00. The Morgan fingerprint density at radius 2 is 1.52 bits per heavy atom. The normalized spacial score (nSPS) is 18.1. The van der Waals surface area contributed by atoms with E-state index in [1.807, 2.05) is 6.07 Å². The van der Waals surface area contributed by atoms with Crippen LogP contribution in [0, 0.1) is 5.41 Å². The van der Waals surface area contributed by atoms with Gasteiger partial charge in [0.05, 0.1) is 39.9 Å². The molecule has 2 amide bonds. The Bertz CT molecular complexity index is 1500. The molecule has 11 heteroatoms. The number of carbonyl (C=O) groups excluding carboxylic acids is 2. The van der Waals surface area contributed by atoms with Crippen LogP contribution in [0.4, 0.5) is 0 Å². The van der Waals surface area contributed by atoms with Crippen LogP contribution in [0.3, 0.4) is 0 Å². The molecule has 4 rings (SSSR count). The Labute approximate surface area is 270 Å². The minimum absolute atomic E-state index is 0.0288. The Balaban J connectivity index is 1.80. The number of methoxy groups -OCH3 is 4. The maximum atomic E-state index is 14.1. The molecular formula is C35H46N2O9. The molecule has 2 atom stereocenters. The minimum atomic E-state index is -1.14. The van der Waals surface area contributed by atoms with Crippen molar-refractivity contribution in [2.75, 3.05) is 28.4 Å². The molecule has 3 N–H and O–H groups in total. The van der Waals surface area contributed by atoms with E-state index in [9.17, 15) is 24.3 Å². The summed E-state index contributed by atoms with van der Waals surface area (Å²) in [4.78, 5) is 52.6. The molecule has 1 fully saturated rings. The molecule has 11 nitrogen and oxygen atoms in total. The van der Waals surface area contributed by atoms with Gasteiger partial charge in [0.1, 0.15) is 6.04 Å². The van der Waals surface area contributed by atoms with Crippen molar-refractivity contribution in [3.05, 3.63) is 45.6 Å². The second kappa shape index (κ2) is 15.3. The maximum Gasteiger partial charge on any atom is 0.309 e. The van der Waals surface area contributed by atoms with E-state index in [-0.39, 0.29) is 17.6 Å². The summed E-state index contributed by atoms with van der Waals surface area (Å²) < 4.78 is 22.5. The molecule has 0 unspecified atom stereocenters. The molecule has 0 heterocycles. The first-order chi connectivity index (χ1) is 22.1. The third kappa shape index (κ3) is 7.40. The van der Waals surface area contributed by atoms with E-state index >= 15 is 0 Å². The van der Waals surface area contributed by atoms with Crippen LogP contribution < -0.4 is 35.0 Å². The van der Waals surface area contributed by atoms with Gasteiger partial charge in [0.2, 0.25) is 23.0 Å². The first-order valence-electron chi connectivity index (χ1n) is 15.9. The zero-order valence-corrected chi connectivity index (χ0v) is 27.5. The van der Waals surface area contributed by atoms with Gasteiger partial charge in [0.25, 0.3) is 0 Å². The lowest BCUT2D eigenvalue weighted by Gasteiger charge is -2.33. The van der Waals surface area contributed by atoms with E-state index in [0.717, 1.165) is 44.1 Å². The maximum absolute atomic E-state index is 14.1. The highest BCUT2D eigenvalue weighted by Crippen LogP contribution is 2.50. The summed E-state index contributed by atoms with van der Waals surface area (Å²) in [7, 11) is 5.99. The molecule has 0 radical (unpaired) electrons. The molecule has 2 aromatic rings. The van der Waals surface area contributed by atoms with E-state index in [1.54, 1.807) is 12.1 Å². The van der Waals surface area contributed by atoms with Crippen molar-refractivity contribution in [1.82, 2.24) is 10.6 Å². The predicted octanol–water partition coefficient (Wildman–Crippen LogP) is 4.95. The van der Waals surface area contributed by atoms with Gasteiger partial charge in [-0.1, -0.05) is 44.6 Å². The fraction of sp³-hybridized carbons (Fsp3) is 0.543. The van der Waals surface area contributed by atoms with Crippen LogP contribution in [0.2, 0.25) is 0 Å². The van der Waals surface area contributed by atoms with Gasteiger partial charge < -0.3 is 34.7 Å². The van der Waals surface area contributed by atoms with Crippen molar-refractivity contribution in [3.63, 3.8) is 0 Å². The van der Waals surface area contributed by atoms with Gasteiger partial charge in [-0.25, -0.2) is 0 Å². The zero-order chi connectivity index (χ0) is 33.4. The number of nitrogens with one attached hydrogen (secondary N) is 2. The molecule has 0 spiro atoms. The summed E-state index contributed by atoms with van der Waals surface area (Å²) in [5, 5.41) is 16.3. The lowest BCUT2D eigenvalue weighted by Crippen LogP contribution is -2.51. The molecule has 2 aromatic carbocycles. The predicted molar refractivity (Wildman–Crippen MR) is 173 cm³/mol. The van der Waals surface area contributed by atoms with Gasteiger partial charge in [0.15, 0.2) is 17.2 Å². The second-order valence-corrected chi connectivity index (χ2v) is 12.2. The lowest BCUT2D eigenvalue weighted by atomic mass is 9.73. The molecule has 0 saturated heterocycles. The smallest absolute Gasteiger partial charge is 0.309 e. The summed E-state index contributed by atoms with van der Waals surface area (Å²) in [5.74, 6) is -0.480. The molecule has 2 aliphatic carbocycles. The van der Waals surface area contributed by atoms with Gasteiger partial charge in [-0.15, -0.1) is 0 Å². The highest BCUT2D eigenvalue weighted by molar-refractivity contribution is 5.89. The molecule has 1 saturated carbocycles. The van der Waals surface area contributed by atoms with Crippen LogP contribution in [-0.4, -0.2) is 57.4 Å². The van der Waals surface area contributed by atoms with E-state index in [2.05, 4.69) is 10.6 Å². The Morgan fingerprint density at radius 1 is 0.891 bits per heavy atom. The molecule has 250 valence electrons. The average Bonchev–Trinajstić information content (AvgIpc) is 3.19. The number of carboxylic acids is 1. The molecule has 2 aliphatic rings. The number of ether oxygens (including phenoxy) is 4. The second-order valence-electron chi connectivity index (χ2n) is 12.2.